The van der Waals surface area contributed by atoms with E-state index in [9.17, 15) is 9.59 Å². The number of carbonyl (C=O) groups excluding carboxylic acids is 2. The van der Waals surface area contributed by atoms with Crippen molar-refractivity contribution >= 4 is 28.5 Å². The average molecular weight is 392 g/mol. The number of carbonyl (C=O) groups is 2. The first kappa shape index (κ1) is 20.0. The summed E-state index contributed by atoms with van der Waals surface area (Å²) in [5, 5.41) is 12.1. The summed E-state index contributed by atoms with van der Waals surface area (Å²) in [5.41, 5.74) is 2.57. The lowest BCUT2D eigenvalue weighted by atomic mass is 10.1. The molecule has 3 rings (SSSR count). The molecule has 0 bridgehead atoms. The van der Waals surface area contributed by atoms with Crippen LogP contribution in [0.4, 0.5) is 5.69 Å². The third-order valence-corrected chi connectivity index (χ3v) is 4.26. The molecule has 0 spiro atoms. The highest BCUT2D eigenvalue weighted by molar-refractivity contribution is 5.98. The number of nitriles is 1. The number of rotatable bonds is 7. The second-order valence-electron chi connectivity index (χ2n) is 6.30. The molecule has 0 saturated carbocycles. The first-order valence-electron chi connectivity index (χ1n) is 9.10. The number of ether oxygens (including phenoxy) is 2. The number of nitrogens with one attached hydrogen (secondary N) is 1. The summed E-state index contributed by atoms with van der Waals surface area (Å²) in [6.07, 6.45) is 0.300. The van der Waals surface area contributed by atoms with Crippen molar-refractivity contribution in [1.29, 1.82) is 5.26 Å². The Morgan fingerprint density at radius 3 is 2.62 bits per heavy atom. The van der Waals surface area contributed by atoms with Gasteiger partial charge in [0, 0.05) is 16.6 Å². The second kappa shape index (κ2) is 8.93. The van der Waals surface area contributed by atoms with Crippen LogP contribution in [0, 0.1) is 18.3 Å². The van der Waals surface area contributed by atoms with Gasteiger partial charge in [0.2, 0.25) is 5.76 Å². The number of aryl methyl sites for hydroxylation is 1. The monoisotopic (exact) mass is 392 g/mol. The zero-order valence-electron chi connectivity index (χ0n) is 16.2. The average Bonchev–Trinajstić information content (AvgIpc) is 3.04. The molecule has 1 amide bonds. The number of nitrogens with zero attached hydrogens (tertiary/aromatic N) is 1. The molecule has 0 fully saturated rings. The fourth-order valence-electron chi connectivity index (χ4n) is 2.84. The topological polar surface area (TPSA) is 102 Å². The SMILES string of the molecule is CCOc1ccc2oc(C(=O)OCC(=O)Nc3ccc(CC#N)cc3)c(C)c2c1. The largest absolute Gasteiger partial charge is 0.494 e. The van der Waals surface area contributed by atoms with Crippen molar-refractivity contribution in [3.8, 4) is 11.8 Å². The molecular weight excluding hydrogens is 372 g/mol. The highest BCUT2D eigenvalue weighted by Crippen LogP contribution is 2.29. The number of benzene rings is 2. The van der Waals surface area contributed by atoms with Crippen molar-refractivity contribution in [2.45, 2.75) is 20.3 Å². The summed E-state index contributed by atoms with van der Waals surface area (Å²) in [5.74, 6) is -0.443. The Hall–Kier alpha value is -3.79. The Bertz CT molecular complexity index is 1080. The third kappa shape index (κ3) is 4.74. The van der Waals surface area contributed by atoms with Crippen molar-refractivity contribution in [3.05, 3.63) is 59.4 Å². The van der Waals surface area contributed by atoms with E-state index in [1.807, 2.05) is 6.92 Å². The van der Waals surface area contributed by atoms with Gasteiger partial charge in [-0.05, 0) is 49.7 Å². The zero-order valence-corrected chi connectivity index (χ0v) is 16.2. The van der Waals surface area contributed by atoms with Crippen LogP contribution < -0.4 is 10.1 Å². The summed E-state index contributed by atoms with van der Waals surface area (Å²) >= 11 is 0. The van der Waals surface area contributed by atoms with Crippen LogP contribution in [0.1, 0.15) is 28.6 Å². The van der Waals surface area contributed by atoms with Gasteiger partial charge in [-0.15, -0.1) is 0 Å². The smallest absolute Gasteiger partial charge is 0.375 e. The molecule has 0 aliphatic heterocycles. The Balaban J connectivity index is 1.62. The van der Waals surface area contributed by atoms with E-state index >= 15 is 0 Å². The van der Waals surface area contributed by atoms with Gasteiger partial charge >= 0.3 is 5.97 Å². The summed E-state index contributed by atoms with van der Waals surface area (Å²) < 4.78 is 16.2. The molecule has 0 unspecified atom stereocenters. The maximum Gasteiger partial charge on any atom is 0.375 e. The van der Waals surface area contributed by atoms with Gasteiger partial charge in [-0.1, -0.05) is 12.1 Å². The van der Waals surface area contributed by atoms with Gasteiger partial charge in [-0.25, -0.2) is 4.79 Å². The minimum atomic E-state index is -0.712. The maximum absolute atomic E-state index is 12.4. The number of esters is 1. The van der Waals surface area contributed by atoms with Crippen molar-refractivity contribution in [2.24, 2.45) is 0 Å². The van der Waals surface area contributed by atoms with Gasteiger partial charge in [0.1, 0.15) is 11.3 Å². The predicted octanol–water partition coefficient (Wildman–Crippen LogP) is 4.00. The normalized spacial score (nSPS) is 10.4. The fourth-order valence-corrected chi connectivity index (χ4v) is 2.84. The van der Waals surface area contributed by atoms with Gasteiger partial charge in [-0.2, -0.15) is 5.26 Å². The number of amides is 1. The van der Waals surface area contributed by atoms with Crippen LogP contribution in [0.5, 0.6) is 5.75 Å². The lowest BCUT2D eigenvalue weighted by molar-refractivity contribution is -0.119. The van der Waals surface area contributed by atoms with Crippen LogP contribution in [0.2, 0.25) is 0 Å². The molecule has 1 heterocycles. The Labute approximate surface area is 167 Å². The summed E-state index contributed by atoms with van der Waals surface area (Å²) in [4.78, 5) is 24.4. The quantitative estimate of drug-likeness (QED) is 0.610. The molecule has 7 nitrogen and oxygen atoms in total. The van der Waals surface area contributed by atoms with E-state index < -0.39 is 18.5 Å². The number of fused-ring (bicyclic) bond motifs is 1. The van der Waals surface area contributed by atoms with Crippen LogP contribution in [0.3, 0.4) is 0 Å². The van der Waals surface area contributed by atoms with Crippen LogP contribution in [0.15, 0.2) is 46.9 Å². The Morgan fingerprint density at radius 2 is 1.93 bits per heavy atom. The van der Waals surface area contributed by atoms with Crippen LogP contribution >= 0.6 is 0 Å². The van der Waals surface area contributed by atoms with Crippen LogP contribution in [-0.2, 0) is 16.0 Å². The van der Waals surface area contributed by atoms with Gasteiger partial charge in [0.25, 0.3) is 5.91 Å². The first-order chi connectivity index (χ1) is 14.0. The Kier molecular flexibility index (Phi) is 6.15. The van der Waals surface area contributed by atoms with Crippen molar-refractivity contribution in [3.63, 3.8) is 0 Å². The van der Waals surface area contributed by atoms with E-state index in [-0.39, 0.29) is 5.76 Å². The number of anilines is 1. The molecule has 0 atom stereocenters. The third-order valence-electron chi connectivity index (χ3n) is 4.26. The van der Waals surface area contributed by atoms with Gasteiger partial charge in [0.05, 0.1) is 19.1 Å². The van der Waals surface area contributed by atoms with Crippen LogP contribution in [-0.4, -0.2) is 25.1 Å². The first-order valence-corrected chi connectivity index (χ1v) is 9.10. The minimum absolute atomic E-state index is 0.0577. The van der Waals surface area contributed by atoms with Gasteiger partial charge in [-0.3, -0.25) is 4.79 Å². The fraction of sp³-hybridized carbons (Fsp3) is 0.227. The molecule has 0 radical (unpaired) electrons. The standard InChI is InChI=1S/C22H20N2O5/c1-3-27-17-8-9-19-18(12-17)14(2)21(29-19)22(26)28-13-20(25)24-16-6-4-15(5-7-16)10-11-23/h4-9,12H,3,10,13H2,1-2H3,(H,24,25). The van der Waals surface area contributed by atoms with E-state index in [2.05, 4.69) is 11.4 Å². The summed E-state index contributed by atoms with van der Waals surface area (Å²) in [7, 11) is 0. The molecule has 1 N–H and O–H groups in total. The van der Waals surface area contributed by atoms with Crippen molar-refractivity contribution < 1.29 is 23.5 Å². The van der Waals surface area contributed by atoms with E-state index in [1.54, 1.807) is 49.4 Å². The van der Waals surface area contributed by atoms with E-state index in [1.165, 1.54) is 0 Å². The Morgan fingerprint density at radius 1 is 1.17 bits per heavy atom. The van der Waals surface area contributed by atoms with Gasteiger partial charge in [0.15, 0.2) is 6.61 Å². The van der Waals surface area contributed by atoms with Crippen molar-refractivity contribution in [2.75, 3.05) is 18.5 Å². The number of hydrogen-bond donors (Lipinski definition) is 1. The lowest BCUT2D eigenvalue weighted by Gasteiger charge is -2.06. The molecule has 1 aromatic heterocycles. The zero-order chi connectivity index (χ0) is 20.8. The molecule has 0 aliphatic carbocycles. The molecule has 0 aliphatic rings. The molecule has 7 heteroatoms. The molecule has 29 heavy (non-hydrogen) atoms. The summed E-state index contributed by atoms with van der Waals surface area (Å²) in [6, 6.07) is 14.2. The highest BCUT2D eigenvalue weighted by atomic mass is 16.5. The number of hydrogen-bond acceptors (Lipinski definition) is 6. The number of furan rings is 1. The van der Waals surface area contributed by atoms with E-state index in [0.717, 1.165) is 10.9 Å². The minimum Gasteiger partial charge on any atom is -0.494 e. The second-order valence-corrected chi connectivity index (χ2v) is 6.30. The summed E-state index contributed by atoms with van der Waals surface area (Å²) in [6.45, 7) is 3.73. The van der Waals surface area contributed by atoms with E-state index in [4.69, 9.17) is 19.2 Å². The molecule has 0 saturated heterocycles. The van der Waals surface area contributed by atoms with E-state index in [0.29, 0.717) is 35.6 Å². The van der Waals surface area contributed by atoms with Crippen molar-refractivity contribution in [1.82, 2.24) is 0 Å². The predicted molar refractivity (Wildman–Crippen MR) is 107 cm³/mol. The highest BCUT2D eigenvalue weighted by Gasteiger charge is 2.20. The lowest BCUT2D eigenvalue weighted by Crippen LogP contribution is -2.21. The van der Waals surface area contributed by atoms with Gasteiger partial charge < -0.3 is 19.2 Å². The molecule has 3 aromatic rings. The molecular formula is C22H20N2O5. The molecule has 148 valence electrons. The van der Waals surface area contributed by atoms with Crippen LogP contribution in [0.25, 0.3) is 11.0 Å². The maximum atomic E-state index is 12.4. The molecule has 2 aromatic carbocycles.